The maximum Gasteiger partial charge on any atom is 0.263 e. The Hall–Kier alpha value is -1.33. The van der Waals surface area contributed by atoms with Gasteiger partial charge in [-0.1, -0.05) is 24.3 Å². The molecule has 1 heterocycles. The fourth-order valence-electron chi connectivity index (χ4n) is 2.58. The zero-order chi connectivity index (χ0) is 14.1. The minimum atomic E-state index is -2.44. The van der Waals surface area contributed by atoms with Crippen molar-refractivity contribution in [3.8, 4) is 10.6 Å². The Morgan fingerprint density at radius 2 is 2.05 bits per heavy atom. The first-order valence-corrected chi connectivity index (χ1v) is 7.49. The quantitative estimate of drug-likeness (QED) is 0.922. The second-order valence-electron chi connectivity index (χ2n) is 5.02. The number of aliphatic hydroxyl groups is 1. The molecule has 2 nitrogen and oxygen atoms in total. The van der Waals surface area contributed by atoms with Crippen LogP contribution in [0, 0.1) is 0 Å². The molecule has 0 saturated heterocycles. The zero-order valence-electron chi connectivity index (χ0n) is 10.9. The van der Waals surface area contributed by atoms with Crippen LogP contribution in [0.4, 0.5) is 8.78 Å². The average Bonchev–Trinajstić information content (AvgIpc) is 2.91. The lowest BCUT2D eigenvalue weighted by molar-refractivity contribution is 0.151. The molecule has 2 aromatic rings. The molecule has 106 valence electrons. The third kappa shape index (κ3) is 2.47. The Kier molecular flexibility index (Phi) is 3.81. The molecule has 3 rings (SSSR count). The molecule has 1 aliphatic rings. The Morgan fingerprint density at radius 3 is 2.70 bits per heavy atom. The lowest BCUT2D eigenvalue weighted by Gasteiger charge is -2.18. The summed E-state index contributed by atoms with van der Waals surface area (Å²) < 4.78 is 25.1. The van der Waals surface area contributed by atoms with Gasteiger partial charge in [0, 0.05) is 21.9 Å². The molecule has 1 aromatic carbocycles. The number of halogens is 2. The third-order valence-corrected chi connectivity index (χ3v) is 4.88. The van der Waals surface area contributed by atoms with E-state index in [4.69, 9.17) is 0 Å². The number of hydrogen-bond acceptors (Lipinski definition) is 3. The van der Waals surface area contributed by atoms with Crippen LogP contribution in [0.25, 0.3) is 10.6 Å². The van der Waals surface area contributed by atoms with E-state index >= 15 is 0 Å². The summed E-state index contributed by atoms with van der Waals surface area (Å²) in [4.78, 5) is 5.84. The van der Waals surface area contributed by atoms with Crippen molar-refractivity contribution >= 4 is 11.3 Å². The molecule has 1 N–H and O–H groups in total. The molecule has 0 amide bonds. The van der Waals surface area contributed by atoms with Crippen molar-refractivity contribution in [2.24, 2.45) is 0 Å². The van der Waals surface area contributed by atoms with Crippen molar-refractivity contribution in [2.45, 2.75) is 31.6 Å². The monoisotopic (exact) mass is 295 g/mol. The van der Waals surface area contributed by atoms with E-state index in [0.29, 0.717) is 0 Å². The summed E-state index contributed by atoms with van der Waals surface area (Å²) in [7, 11) is 0. The summed E-state index contributed by atoms with van der Waals surface area (Å²) in [5.41, 5.74) is 1.89. The largest absolute Gasteiger partial charge is 0.396 e. The number of alkyl halides is 2. The summed E-state index contributed by atoms with van der Waals surface area (Å²) in [6, 6.07) is 6.29. The summed E-state index contributed by atoms with van der Waals surface area (Å²) in [6.07, 6.45) is 0.604. The minimum absolute atomic E-state index is 0.0308. The Bertz CT molecular complexity index is 594. The molecular formula is C15H15F2NOS. The molecule has 0 bridgehead atoms. The summed E-state index contributed by atoms with van der Waals surface area (Å²) in [5.74, 6) is 0.129. The topological polar surface area (TPSA) is 33.1 Å². The van der Waals surface area contributed by atoms with Crippen LogP contribution in [0.1, 0.15) is 41.3 Å². The lowest BCUT2D eigenvalue weighted by Crippen LogP contribution is -2.11. The molecule has 1 aromatic heterocycles. The zero-order valence-corrected chi connectivity index (χ0v) is 11.7. The molecule has 1 atom stereocenters. The van der Waals surface area contributed by atoms with Gasteiger partial charge >= 0.3 is 0 Å². The van der Waals surface area contributed by atoms with Gasteiger partial charge in [0.25, 0.3) is 6.43 Å². The van der Waals surface area contributed by atoms with Gasteiger partial charge in [-0.05, 0) is 19.3 Å². The Balaban J connectivity index is 1.93. The van der Waals surface area contributed by atoms with E-state index in [-0.39, 0.29) is 18.1 Å². The van der Waals surface area contributed by atoms with Gasteiger partial charge in [0.2, 0.25) is 0 Å². The van der Waals surface area contributed by atoms with Crippen molar-refractivity contribution in [3.05, 3.63) is 40.4 Å². The number of hydrogen-bond donors (Lipinski definition) is 1. The number of rotatable bonds is 3. The van der Waals surface area contributed by atoms with Crippen LogP contribution in [0.5, 0.6) is 0 Å². The minimum Gasteiger partial charge on any atom is -0.396 e. The fraction of sp³-hybridized carbons (Fsp3) is 0.400. The first-order chi connectivity index (χ1) is 9.69. The maximum atomic E-state index is 12.5. The van der Waals surface area contributed by atoms with Crippen molar-refractivity contribution in [3.63, 3.8) is 0 Å². The third-order valence-electron chi connectivity index (χ3n) is 3.70. The van der Waals surface area contributed by atoms with Crippen LogP contribution in [-0.4, -0.2) is 16.7 Å². The van der Waals surface area contributed by atoms with Crippen LogP contribution in [0.2, 0.25) is 0 Å². The Labute approximate surface area is 120 Å². The fourth-order valence-corrected chi connectivity index (χ4v) is 3.77. The summed E-state index contributed by atoms with van der Waals surface area (Å²) in [5, 5.41) is 10.3. The SMILES string of the molecule is OCC1CCCc2sc(-c3ccc(C(F)F)cc3)nc21. The van der Waals surface area contributed by atoms with Gasteiger partial charge in [0.15, 0.2) is 0 Å². The van der Waals surface area contributed by atoms with Crippen LogP contribution >= 0.6 is 11.3 Å². The van der Waals surface area contributed by atoms with Gasteiger partial charge in [-0.3, -0.25) is 0 Å². The molecular weight excluding hydrogens is 280 g/mol. The lowest BCUT2D eigenvalue weighted by atomic mass is 9.92. The van der Waals surface area contributed by atoms with Crippen LogP contribution in [-0.2, 0) is 6.42 Å². The van der Waals surface area contributed by atoms with E-state index in [2.05, 4.69) is 4.98 Å². The highest BCUT2D eigenvalue weighted by Gasteiger charge is 2.24. The number of thiazole rings is 1. The van der Waals surface area contributed by atoms with Crippen molar-refractivity contribution in [1.82, 2.24) is 4.98 Å². The number of nitrogens with zero attached hydrogens (tertiary/aromatic N) is 1. The standard InChI is InChI=1S/C15H15F2NOS/c16-14(17)9-4-6-10(7-5-9)15-18-13-11(8-19)2-1-3-12(13)20-15/h4-7,11,14,19H,1-3,8H2. The number of benzene rings is 1. The molecule has 0 radical (unpaired) electrons. The van der Waals surface area contributed by atoms with E-state index < -0.39 is 6.43 Å². The highest BCUT2D eigenvalue weighted by atomic mass is 32.1. The van der Waals surface area contributed by atoms with E-state index in [0.717, 1.165) is 35.5 Å². The number of aryl methyl sites for hydroxylation is 1. The number of aromatic nitrogens is 1. The molecule has 1 unspecified atom stereocenters. The van der Waals surface area contributed by atoms with Gasteiger partial charge in [0.1, 0.15) is 5.01 Å². The van der Waals surface area contributed by atoms with Crippen LogP contribution in [0.15, 0.2) is 24.3 Å². The number of fused-ring (bicyclic) bond motifs is 1. The van der Waals surface area contributed by atoms with Crippen LogP contribution < -0.4 is 0 Å². The summed E-state index contributed by atoms with van der Waals surface area (Å²) in [6.45, 7) is 0.125. The van der Waals surface area contributed by atoms with Crippen molar-refractivity contribution in [1.29, 1.82) is 0 Å². The van der Waals surface area contributed by atoms with Crippen molar-refractivity contribution in [2.75, 3.05) is 6.61 Å². The predicted molar refractivity (Wildman–Crippen MR) is 75.3 cm³/mol. The first kappa shape index (κ1) is 13.6. The first-order valence-electron chi connectivity index (χ1n) is 6.68. The number of aliphatic hydroxyl groups excluding tert-OH is 1. The van der Waals surface area contributed by atoms with Gasteiger partial charge in [-0.25, -0.2) is 13.8 Å². The highest BCUT2D eigenvalue weighted by Crippen LogP contribution is 2.38. The maximum absolute atomic E-state index is 12.5. The Morgan fingerprint density at radius 1 is 1.30 bits per heavy atom. The van der Waals surface area contributed by atoms with E-state index in [1.807, 2.05) is 0 Å². The molecule has 0 saturated carbocycles. The second kappa shape index (κ2) is 5.58. The van der Waals surface area contributed by atoms with Crippen molar-refractivity contribution < 1.29 is 13.9 Å². The molecule has 0 spiro atoms. The second-order valence-corrected chi connectivity index (χ2v) is 6.11. The van der Waals surface area contributed by atoms with Gasteiger partial charge in [0.05, 0.1) is 12.3 Å². The molecule has 0 aliphatic heterocycles. The molecule has 0 fully saturated rings. The smallest absolute Gasteiger partial charge is 0.263 e. The highest BCUT2D eigenvalue weighted by molar-refractivity contribution is 7.15. The normalized spacial score (nSPS) is 18.3. The molecule has 1 aliphatic carbocycles. The summed E-state index contributed by atoms with van der Waals surface area (Å²) >= 11 is 1.61. The molecule has 20 heavy (non-hydrogen) atoms. The van der Waals surface area contributed by atoms with E-state index in [9.17, 15) is 13.9 Å². The average molecular weight is 295 g/mol. The van der Waals surface area contributed by atoms with Gasteiger partial charge in [-0.2, -0.15) is 0 Å². The molecule has 5 heteroatoms. The predicted octanol–water partition coefficient (Wildman–Crippen LogP) is 4.16. The van der Waals surface area contributed by atoms with Gasteiger partial charge < -0.3 is 5.11 Å². The van der Waals surface area contributed by atoms with E-state index in [1.54, 1.807) is 23.5 Å². The van der Waals surface area contributed by atoms with Crippen LogP contribution in [0.3, 0.4) is 0 Å². The van der Waals surface area contributed by atoms with E-state index in [1.165, 1.54) is 17.0 Å². The van der Waals surface area contributed by atoms with Gasteiger partial charge in [-0.15, -0.1) is 11.3 Å².